The van der Waals surface area contributed by atoms with E-state index in [1.165, 1.54) is 0 Å². The quantitative estimate of drug-likeness (QED) is 0.732. The zero-order chi connectivity index (χ0) is 8.27. The lowest BCUT2D eigenvalue weighted by molar-refractivity contribution is 0.0697. The van der Waals surface area contributed by atoms with Gasteiger partial charge < -0.3 is 5.11 Å². The summed E-state index contributed by atoms with van der Waals surface area (Å²) in [6.45, 7) is 0. The van der Waals surface area contributed by atoms with Gasteiger partial charge in [-0.15, -0.1) is 0 Å². The van der Waals surface area contributed by atoms with E-state index in [9.17, 15) is 4.79 Å². The maximum atomic E-state index is 10.4. The van der Waals surface area contributed by atoms with Crippen LogP contribution in [0.25, 0.3) is 0 Å². The van der Waals surface area contributed by atoms with Crippen LogP contribution >= 0.6 is 12.6 Å². The van der Waals surface area contributed by atoms with Gasteiger partial charge in [0.1, 0.15) is 0 Å². The minimum absolute atomic E-state index is 0.303. The largest absolute Gasteiger partial charge is 0.478 e. The third-order valence-electron chi connectivity index (χ3n) is 1.37. The highest BCUT2D eigenvalue weighted by atomic mass is 32.1. The maximum Gasteiger partial charge on any atom is 0.335 e. The van der Waals surface area contributed by atoms with E-state index in [0.717, 1.165) is 5.56 Å². The molecule has 1 N–H and O–H groups in total. The molecule has 0 fully saturated rings. The Morgan fingerprint density at radius 3 is 2.27 bits per heavy atom. The lowest BCUT2D eigenvalue weighted by atomic mass is 10.1. The van der Waals surface area contributed by atoms with E-state index >= 15 is 0 Å². The van der Waals surface area contributed by atoms with Gasteiger partial charge in [0.15, 0.2) is 0 Å². The van der Waals surface area contributed by atoms with Crippen molar-refractivity contribution in [2.75, 3.05) is 0 Å². The van der Waals surface area contributed by atoms with E-state index in [1.807, 2.05) is 0 Å². The highest BCUT2D eigenvalue weighted by molar-refractivity contribution is 7.79. The summed E-state index contributed by atoms with van der Waals surface area (Å²) in [6, 6.07) is 6.58. The standard InChI is InChI=1S/C8H7O2S/c9-8(10)7-3-1-6(5-11)2-4-7/h1-4H,5H2,(H,9,10). The number of carboxylic acid groups (broad SMARTS) is 1. The fourth-order valence-corrected chi connectivity index (χ4v) is 0.936. The summed E-state index contributed by atoms with van der Waals surface area (Å²) in [5, 5.41) is 8.52. The van der Waals surface area contributed by atoms with Crippen molar-refractivity contribution in [3.8, 4) is 0 Å². The van der Waals surface area contributed by atoms with Crippen LogP contribution < -0.4 is 0 Å². The van der Waals surface area contributed by atoms with Crippen molar-refractivity contribution in [2.24, 2.45) is 0 Å². The molecular weight excluding hydrogens is 160 g/mol. The average Bonchev–Trinajstić information content (AvgIpc) is 2.05. The summed E-state index contributed by atoms with van der Waals surface area (Å²) >= 11 is 4.78. The second-order valence-corrected chi connectivity index (χ2v) is 2.44. The smallest absolute Gasteiger partial charge is 0.335 e. The summed E-state index contributed by atoms with van der Waals surface area (Å²) in [5.41, 5.74) is 1.28. The first kappa shape index (κ1) is 8.14. The first-order chi connectivity index (χ1) is 5.24. The minimum Gasteiger partial charge on any atom is -0.478 e. The second kappa shape index (κ2) is 3.44. The zero-order valence-electron chi connectivity index (χ0n) is 5.78. The van der Waals surface area contributed by atoms with Gasteiger partial charge in [0.05, 0.1) is 5.56 Å². The highest BCUT2D eigenvalue weighted by Crippen LogP contribution is 2.05. The number of benzene rings is 1. The lowest BCUT2D eigenvalue weighted by Gasteiger charge is -1.95. The monoisotopic (exact) mass is 167 g/mol. The molecule has 0 bridgehead atoms. The number of hydrogen-bond donors (Lipinski definition) is 1. The van der Waals surface area contributed by atoms with Crippen molar-refractivity contribution < 1.29 is 9.90 Å². The van der Waals surface area contributed by atoms with Crippen molar-refractivity contribution in [3.63, 3.8) is 0 Å². The molecule has 0 aromatic heterocycles. The Morgan fingerprint density at radius 2 is 1.91 bits per heavy atom. The molecule has 11 heavy (non-hydrogen) atoms. The summed E-state index contributed by atoms with van der Waals surface area (Å²) in [5.74, 6) is -0.374. The van der Waals surface area contributed by atoms with Gasteiger partial charge >= 0.3 is 5.97 Å². The summed E-state index contributed by atoms with van der Waals surface area (Å²) in [4.78, 5) is 10.4. The Kier molecular flexibility index (Phi) is 2.54. The fraction of sp³-hybridized carbons (Fsp3) is 0.125. The van der Waals surface area contributed by atoms with Crippen LogP contribution in [0.4, 0.5) is 0 Å². The number of carbonyl (C=O) groups is 1. The molecule has 1 rings (SSSR count). The van der Waals surface area contributed by atoms with Crippen LogP contribution in [0.5, 0.6) is 0 Å². The highest BCUT2D eigenvalue weighted by Gasteiger charge is 1.99. The molecule has 0 aliphatic rings. The predicted molar refractivity (Wildman–Crippen MR) is 44.7 cm³/mol. The van der Waals surface area contributed by atoms with Crippen molar-refractivity contribution in [1.29, 1.82) is 0 Å². The number of hydrogen-bond acceptors (Lipinski definition) is 1. The number of aromatic carboxylic acids is 1. The van der Waals surface area contributed by atoms with Crippen molar-refractivity contribution in [1.82, 2.24) is 0 Å². The van der Waals surface area contributed by atoms with Crippen LogP contribution in [0.15, 0.2) is 24.3 Å². The van der Waals surface area contributed by atoms with Crippen LogP contribution in [-0.4, -0.2) is 11.1 Å². The molecule has 3 heteroatoms. The third-order valence-corrected chi connectivity index (χ3v) is 1.70. The van der Waals surface area contributed by atoms with Gasteiger partial charge in [0.25, 0.3) is 0 Å². The van der Waals surface area contributed by atoms with Gasteiger partial charge in [0.2, 0.25) is 0 Å². The first-order valence-electron chi connectivity index (χ1n) is 3.14. The topological polar surface area (TPSA) is 37.3 Å². The molecule has 1 aromatic rings. The zero-order valence-corrected chi connectivity index (χ0v) is 6.60. The molecule has 2 nitrogen and oxygen atoms in total. The molecule has 57 valence electrons. The molecule has 0 saturated carbocycles. The molecule has 1 radical (unpaired) electrons. The van der Waals surface area contributed by atoms with Gasteiger partial charge in [0, 0.05) is 5.75 Å². The Hall–Kier alpha value is -0.960. The van der Waals surface area contributed by atoms with Gasteiger partial charge in [-0.25, -0.2) is 4.79 Å². The van der Waals surface area contributed by atoms with E-state index in [2.05, 4.69) is 0 Å². The predicted octanol–water partition coefficient (Wildman–Crippen LogP) is 2.08. The van der Waals surface area contributed by atoms with Gasteiger partial charge in [-0.1, -0.05) is 24.8 Å². The summed E-state index contributed by atoms with van der Waals surface area (Å²) in [7, 11) is 0. The number of rotatable bonds is 2. The maximum absolute atomic E-state index is 10.4. The molecule has 0 aliphatic carbocycles. The molecule has 0 unspecified atom stereocenters. The minimum atomic E-state index is -0.902. The van der Waals surface area contributed by atoms with Crippen LogP contribution in [0.3, 0.4) is 0 Å². The first-order valence-corrected chi connectivity index (χ1v) is 3.72. The second-order valence-electron chi connectivity index (χ2n) is 2.15. The molecule has 1 aromatic carbocycles. The number of carboxylic acids is 1. The summed E-state index contributed by atoms with van der Waals surface area (Å²) < 4.78 is 0. The molecule has 0 saturated heterocycles. The fourth-order valence-electron chi connectivity index (χ4n) is 0.744. The Bertz CT molecular complexity index is 253. The van der Waals surface area contributed by atoms with Gasteiger partial charge in [-0.05, 0) is 17.7 Å². The van der Waals surface area contributed by atoms with E-state index in [4.69, 9.17) is 17.7 Å². The van der Waals surface area contributed by atoms with Gasteiger partial charge in [-0.2, -0.15) is 0 Å². The van der Waals surface area contributed by atoms with Crippen LogP contribution in [0, 0.1) is 0 Å². The molecule has 0 atom stereocenters. The SMILES string of the molecule is O=C(O)c1ccc(C[S])cc1. The van der Waals surface area contributed by atoms with E-state index in [0.29, 0.717) is 11.3 Å². The van der Waals surface area contributed by atoms with E-state index < -0.39 is 5.97 Å². The van der Waals surface area contributed by atoms with E-state index in [-0.39, 0.29) is 0 Å². The van der Waals surface area contributed by atoms with Crippen molar-refractivity contribution >= 4 is 18.6 Å². The van der Waals surface area contributed by atoms with Gasteiger partial charge in [-0.3, -0.25) is 0 Å². The Balaban J connectivity index is 2.91. The molecular formula is C8H7O2S. The van der Waals surface area contributed by atoms with Crippen molar-refractivity contribution in [3.05, 3.63) is 35.4 Å². The Labute approximate surface area is 70.3 Å². The molecule has 0 spiro atoms. The van der Waals surface area contributed by atoms with Crippen LogP contribution in [-0.2, 0) is 5.75 Å². The van der Waals surface area contributed by atoms with Crippen molar-refractivity contribution in [2.45, 2.75) is 5.75 Å². The molecule has 0 amide bonds. The molecule has 0 aliphatic heterocycles. The lowest BCUT2D eigenvalue weighted by Crippen LogP contribution is -1.95. The van der Waals surface area contributed by atoms with Crippen LogP contribution in [0.1, 0.15) is 15.9 Å². The van der Waals surface area contributed by atoms with E-state index in [1.54, 1.807) is 24.3 Å². The average molecular weight is 167 g/mol. The molecule has 0 heterocycles. The van der Waals surface area contributed by atoms with Crippen LogP contribution in [0.2, 0.25) is 0 Å². The third kappa shape index (κ3) is 1.98. The Morgan fingerprint density at radius 1 is 1.36 bits per heavy atom. The summed E-state index contributed by atoms with van der Waals surface area (Å²) in [6.07, 6.45) is 0. The normalized spacial score (nSPS) is 9.55.